The van der Waals surface area contributed by atoms with Gasteiger partial charge in [0, 0.05) is 11.3 Å². The topological polar surface area (TPSA) is 99.1 Å². The van der Waals surface area contributed by atoms with Crippen LogP contribution in [0.4, 0.5) is 5.69 Å². The Morgan fingerprint density at radius 3 is 2.20 bits per heavy atom. The molecule has 0 bridgehead atoms. The molecule has 3 aromatic carbocycles. The lowest BCUT2D eigenvalue weighted by atomic mass is 9.94. The molecule has 3 rings (SSSR count). The first-order chi connectivity index (χ1) is 16.5. The summed E-state index contributed by atoms with van der Waals surface area (Å²) in [5.74, 6) is 0.112. The van der Waals surface area contributed by atoms with E-state index in [0.29, 0.717) is 38.3 Å². The number of halogens is 2. The number of carbonyl (C=O) groups excluding carboxylic acids is 1. The number of carbonyl (C=O) groups is 1. The lowest BCUT2D eigenvalue weighted by molar-refractivity contribution is -0.115. The number of nitrogens with zero attached hydrogens (tertiary/aromatic N) is 1. The van der Waals surface area contributed by atoms with Crippen LogP contribution in [0.2, 0.25) is 10.0 Å². The summed E-state index contributed by atoms with van der Waals surface area (Å²) in [5, 5.41) is 13.0. The number of nitriles is 1. The highest BCUT2D eigenvalue weighted by atomic mass is 35.5. The number of hydrogen-bond acceptors (Lipinski definition) is 4. The summed E-state index contributed by atoms with van der Waals surface area (Å²) < 4.78 is 25.9. The fourth-order valence-corrected chi connectivity index (χ4v) is 5.11. The number of anilines is 1. The molecular formula is C26H25Cl2N3O3S. The minimum Gasteiger partial charge on any atom is -0.326 e. The minimum absolute atomic E-state index is 0.0414. The average Bonchev–Trinajstić information content (AvgIpc) is 2.79. The molecule has 3 aromatic rings. The molecule has 0 aliphatic carbocycles. The third-order valence-corrected chi connectivity index (χ3v) is 7.37. The molecule has 9 heteroatoms. The van der Waals surface area contributed by atoms with Crippen LogP contribution in [0.25, 0.3) is 11.1 Å². The maximum atomic E-state index is 12.5. The predicted octanol–water partition coefficient (Wildman–Crippen LogP) is 5.82. The Kier molecular flexibility index (Phi) is 8.57. The molecule has 0 atom stereocenters. The zero-order valence-electron chi connectivity index (χ0n) is 19.5. The first-order valence-corrected chi connectivity index (χ1v) is 13.1. The number of rotatable bonds is 8. The number of hydrogen-bond donors (Lipinski definition) is 2. The monoisotopic (exact) mass is 529 g/mol. The third kappa shape index (κ3) is 6.62. The summed E-state index contributed by atoms with van der Waals surface area (Å²) in [6, 6.07) is 17.1. The molecule has 0 saturated carbocycles. The van der Waals surface area contributed by atoms with Crippen LogP contribution in [0, 0.1) is 17.2 Å². The Morgan fingerprint density at radius 1 is 1.03 bits per heavy atom. The molecule has 0 aromatic heterocycles. The summed E-state index contributed by atoms with van der Waals surface area (Å²) in [7, 11) is -2.20. The molecule has 0 fully saturated rings. The molecule has 0 spiro atoms. The third-order valence-electron chi connectivity index (χ3n) is 5.34. The Morgan fingerprint density at radius 2 is 1.66 bits per heavy atom. The first-order valence-electron chi connectivity index (χ1n) is 10.9. The molecule has 0 saturated heterocycles. The number of sulfonamides is 1. The van der Waals surface area contributed by atoms with E-state index < -0.39 is 10.0 Å². The standard InChI is InChI=1S/C26H25Cl2N3O3S/c1-16(2)10-18-6-7-19(12-20(18)15-29)26-23(27)13-21(14-24(26)28)31-25(32)11-17-4-8-22(9-5-17)35(33,34)30-3/h4-9,12-14,16,30H,10-11H2,1-3H3,(H,31,32). The van der Waals surface area contributed by atoms with Crippen LogP contribution in [0.15, 0.2) is 59.5 Å². The van der Waals surface area contributed by atoms with Crippen LogP contribution in [-0.2, 0) is 27.7 Å². The van der Waals surface area contributed by atoms with Crippen molar-refractivity contribution < 1.29 is 13.2 Å². The number of nitrogens with one attached hydrogen (secondary N) is 2. The summed E-state index contributed by atoms with van der Waals surface area (Å²) in [4.78, 5) is 12.7. The smallest absolute Gasteiger partial charge is 0.240 e. The van der Waals surface area contributed by atoms with Gasteiger partial charge in [-0.3, -0.25) is 4.79 Å². The second kappa shape index (κ2) is 11.2. The second-order valence-corrected chi connectivity index (χ2v) is 11.2. The van der Waals surface area contributed by atoms with Gasteiger partial charge >= 0.3 is 0 Å². The Hall–Kier alpha value is -2.89. The predicted molar refractivity (Wildman–Crippen MR) is 140 cm³/mol. The van der Waals surface area contributed by atoms with Gasteiger partial charge in [0.15, 0.2) is 0 Å². The van der Waals surface area contributed by atoms with Crippen molar-refractivity contribution in [3.63, 3.8) is 0 Å². The Labute approximate surface area is 215 Å². The van der Waals surface area contributed by atoms with Crippen molar-refractivity contribution in [1.29, 1.82) is 5.26 Å². The summed E-state index contributed by atoms with van der Waals surface area (Å²) >= 11 is 13.0. The van der Waals surface area contributed by atoms with Gasteiger partial charge in [-0.25, -0.2) is 13.1 Å². The van der Waals surface area contributed by atoms with E-state index in [1.54, 1.807) is 30.3 Å². The van der Waals surface area contributed by atoms with Gasteiger partial charge in [0.25, 0.3) is 0 Å². The van der Waals surface area contributed by atoms with Crippen LogP contribution >= 0.6 is 23.2 Å². The van der Waals surface area contributed by atoms with Gasteiger partial charge in [-0.2, -0.15) is 5.26 Å². The summed E-state index contributed by atoms with van der Waals surface area (Å²) in [6.07, 6.45) is 0.837. The van der Waals surface area contributed by atoms with Gasteiger partial charge in [-0.1, -0.05) is 61.3 Å². The Bertz CT molecular complexity index is 1370. The van der Waals surface area contributed by atoms with E-state index in [1.165, 1.54) is 19.2 Å². The van der Waals surface area contributed by atoms with Gasteiger partial charge in [0.2, 0.25) is 15.9 Å². The highest BCUT2D eigenvalue weighted by molar-refractivity contribution is 7.89. The summed E-state index contributed by atoms with van der Waals surface area (Å²) in [6.45, 7) is 4.19. The quantitative estimate of drug-likeness (QED) is 0.383. The van der Waals surface area contributed by atoms with E-state index >= 15 is 0 Å². The number of amides is 1. The zero-order chi connectivity index (χ0) is 25.8. The van der Waals surface area contributed by atoms with Crippen LogP contribution < -0.4 is 10.0 Å². The maximum absolute atomic E-state index is 12.5. The van der Waals surface area contributed by atoms with Gasteiger partial charge in [0.05, 0.1) is 33.0 Å². The van der Waals surface area contributed by atoms with Crippen molar-refractivity contribution in [3.8, 4) is 17.2 Å². The highest BCUT2D eigenvalue weighted by Gasteiger charge is 2.15. The Balaban J connectivity index is 1.78. The van der Waals surface area contributed by atoms with Gasteiger partial charge in [0.1, 0.15) is 0 Å². The van der Waals surface area contributed by atoms with Crippen LogP contribution in [0.5, 0.6) is 0 Å². The lowest BCUT2D eigenvalue weighted by Crippen LogP contribution is -2.18. The average molecular weight is 530 g/mol. The molecule has 2 N–H and O–H groups in total. The molecule has 1 amide bonds. The van der Waals surface area contributed by atoms with Crippen molar-refractivity contribution in [2.75, 3.05) is 12.4 Å². The van der Waals surface area contributed by atoms with E-state index in [2.05, 4.69) is 30.0 Å². The largest absolute Gasteiger partial charge is 0.326 e. The second-order valence-electron chi connectivity index (χ2n) is 8.47. The zero-order valence-corrected chi connectivity index (χ0v) is 21.9. The fourth-order valence-electron chi connectivity index (χ4n) is 3.67. The fraction of sp³-hybridized carbons (Fsp3) is 0.231. The SMILES string of the molecule is CNS(=O)(=O)c1ccc(CC(=O)Nc2cc(Cl)c(-c3ccc(CC(C)C)c(C#N)c3)c(Cl)c2)cc1. The van der Waals surface area contributed by atoms with Gasteiger partial charge in [-0.15, -0.1) is 0 Å². The van der Waals surface area contributed by atoms with Crippen LogP contribution in [0.3, 0.4) is 0 Å². The normalized spacial score (nSPS) is 11.3. The van der Waals surface area contributed by atoms with Crippen molar-refractivity contribution >= 4 is 44.8 Å². The highest BCUT2D eigenvalue weighted by Crippen LogP contribution is 2.38. The van der Waals surface area contributed by atoms with E-state index in [9.17, 15) is 18.5 Å². The van der Waals surface area contributed by atoms with Crippen LogP contribution in [-0.4, -0.2) is 21.4 Å². The molecular weight excluding hydrogens is 505 g/mol. The van der Waals surface area contributed by atoms with E-state index in [0.717, 1.165) is 17.5 Å². The molecule has 0 radical (unpaired) electrons. The lowest BCUT2D eigenvalue weighted by Gasteiger charge is -2.14. The minimum atomic E-state index is -3.54. The molecule has 0 heterocycles. The van der Waals surface area contributed by atoms with Gasteiger partial charge in [-0.05, 0) is 66.4 Å². The molecule has 35 heavy (non-hydrogen) atoms. The summed E-state index contributed by atoms with van der Waals surface area (Å²) in [5.41, 5.74) is 3.93. The molecule has 182 valence electrons. The van der Waals surface area contributed by atoms with Crippen molar-refractivity contribution in [2.24, 2.45) is 5.92 Å². The molecule has 0 aliphatic heterocycles. The first kappa shape index (κ1) is 26.7. The van der Waals surface area contributed by atoms with Crippen molar-refractivity contribution in [3.05, 3.63) is 81.3 Å². The molecule has 0 unspecified atom stereocenters. The molecule has 0 aliphatic rings. The maximum Gasteiger partial charge on any atom is 0.240 e. The van der Waals surface area contributed by atoms with E-state index in [1.807, 2.05) is 12.1 Å². The van der Waals surface area contributed by atoms with E-state index in [4.69, 9.17) is 23.2 Å². The van der Waals surface area contributed by atoms with Crippen molar-refractivity contribution in [1.82, 2.24) is 4.72 Å². The van der Waals surface area contributed by atoms with Crippen LogP contribution in [0.1, 0.15) is 30.5 Å². The van der Waals surface area contributed by atoms with Crippen molar-refractivity contribution in [2.45, 2.75) is 31.6 Å². The van der Waals surface area contributed by atoms with E-state index in [-0.39, 0.29) is 17.2 Å². The van der Waals surface area contributed by atoms with Gasteiger partial charge < -0.3 is 5.32 Å². The molecule has 6 nitrogen and oxygen atoms in total. The number of benzene rings is 3.